The van der Waals surface area contributed by atoms with Gasteiger partial charge < -0.3 is 30.4 Å². The maximum absolute atomic E-state index is 14.1. The number of aliphatic hydroxyl groups is 1. The molecule has 0 saturated carbocycles. The van der Waals surface area contributed by atoms with E-state index >= 15 is 0 Å². The van der Waals surface area contributed by atoms with Gasteiger partial charge in [-0.2, -0.15) is 0 Å². The Morgan fingerprint density at radius 1 is 0.862 bits per heavy atom. The number of ketones is 1. The van der Waals surface area contributed by atoms with Crippen molar-refractivity contribution in [2.24, 2.45) is 0 Å². The van der Waals surface area contributed by atoms with Crippen LogP contribution >= 0.6 is 0 Å². The van der Waals surface area contributed by atoms with Crippen molar-refractivity contribution in [1.29, 1.82) is 0 Å². The molecule has 0 bridgehead atoms. The summed E-state index contributed by atoms with van der Waals surface area (Å²) < 4.78 is 7.03. The lowest BCUT2D eigenvalue weighted by Crippen LogP contribution is -2.68. The second kappa shape index (κ2) is 19.4. The van der Waals surface area contributed by atoms with Crippen LogP contribution in [-0.4, -0.2) is 84.0 Å². The van der Waals surface area contributed by atoms with E-state index in [1.807, 2.05) is 55.5 Å². The summed E-state index contributed by atoms with van der Waals surface area (Å²) in [7, 11) is -2.91. The van der Waals surface area contributed by atoms with Crippen molar-refractivity contribution in [2.75, 3.05) is 6.54 Å². The molecule has 3 aromatic rings. The van der Waals surface area contributed by atoms with E-state index in [4.69, 9.17) is 4.43 Å². The van der Waals surface area contributed by atoms with E-state index in [-0.39, 0.29) is 36.2 Å². The van der Waals surface area contributed by atoms with Crippen molar-refractivity contribution < 1.29 is 33.5 Å². The molecule has 58 heavy (non-hydrogen) atoms. The highest BCUT2D eigenvalue weighted by atomic mass is 28.4. The number of hydrogen-bond donors (Lipinski definition) is 4. The predicted octanol–water partition coefficient (Wildman–Crippen LogP) is 4.47. The van der Waals surface area contributed by atoms with E-state index in [1.165, 1.54) is 4.90 Å². The number of rotatable bonds is 15. The number of aliphatic hydroxyl groups excluding tert-OH is 1. The number of carbonyl (C=O) groups excluding carboxylic acids is 5. The van der Waals surface area contributed by atoms with Crippen LogP contribution in [0, 0.1) is 0 Å². The Labute approximate surface area is 344 Å². The molecule has 0 radical (unpaired) electrons. The van der Waals surface area contributed by atoms with Gasteiger partial charge in [-0.25, -0.2) is 0 Å². The second-order valence-corrected chi connectivity index (χ2v) is 21.4. The number of unbranched alkanes of at least 4 members (excludes halogenated alkanes) is 2. The van der Waals surface area contributed by atoms with Crippen LogP contribution in [-0.2, 0) is 41.4 Å². The molecule has 0 spiro atoms. The van der Waals surface area contributed by atoms with Gasteiger partial charge >= 0.3 is 0 Å². The molecular formula is C46H62N4O7Si. The van der Waals surface area contributed by atoms with Crippen molar-refractivity contribution in [1.82, 2.24) is 20.9 Å². The van der Waals surface area contributed by atoms with Crippen LogP contribution in [0.3, 0.4) is 0 Å². The number of fused-ring (bicyclic) bond motifs is 1. The first-order valence-corrected chi connectivity index (χ1v) is 22.8. The Hall–Kier alpha value is -4.65. The average Bonchev–Trinajstić information content (AvgIpc) is 3.72. The van der Waals surface area contributed by atoms with Crippen molar-refractivity contribution in [3.8, 4) is 0 Å². The van der Waals surface area contributed by atoms with Gasteiger partial charge in [-0.15, -0.1) is 0 Å². The number of nitrogens with one attached hydrogen (secondary N) is 3. The topological polar surface area (TPSA) is 154 Å². The molecule has 12 heteroatoms. The molecule has 2 heterocycles. The standard InChI is InChI=1S/C46H62N4O7Si/c1-7-46(6)44(56)48-38(30-33-25-27-34(31-51)28-26-33)43(55)50-29-17-23-39(50)42(54)47-37(41(53)49-46)22-15-10-16-24-40(52)32(2)57-58(45(3,4)5,35-18-11-8-12-19-35)36-20-13-9-14-21-36/h8-9,11-14,18-21,25-28,32,37-39,51H,7,10,15-17,22-24,29-31H2,1-6H3,(H,47,54)(H,48,56)(H,49,53)/t32-,37+,38+,39-,46+/m1/s1. The van der Waals surface area contributed by atoms with E-state index in [0.717, 1.165) is 21.5 Å². The van der Waals surface area contributed by atoms with E-state index in [9.17, 15) is 29.1 Å². The van der Waals surface area contributed by atoms with E-state index in [0.29, 0.717) is 51.5 Å². The average molecular weight is 811 g/mol. The molecule has 4 N–H and O–H groups in total. The molecule has 5 atom stereocenters. The zero-order valence-electron chi connectivity index (χ0n) is 35.0. The summed E-state index contributed by atoms with van der Waals surface area (Å²) in [6.45, 7) is 12.1. The maximum atomic E-state index is 14.1. The summed E-state index contributed by atoms with van der Waals surface area (Å²) in [5, 5.41) is 20.2. The van der Waals surface area contributed by atoms with Crippen molar-refractivity contribution in [3.63, 3.8) is 0 Å². The quantitative estimate of drug-likeness (QED) is 0.131. The third kappa shape index (κ3) is 10.1. The Balaban J connectivity index is 1.25. The molecular weight excluding hydrogens is 749 g/mol. The number of hydrogen-bond acceptors (Lipinski definition) is 7. The van der Waals surface area contributed by atoms with Crippen LogP contribution in [0.15, 0.2) is 84.9 Å². The minimum absolute atomic E-state index is 0.0150. The number of carbonyl (C=O) groups is 5. The highest BCUT2D eigenvalue weighted by molar-refractivity contribution is 6.99. The Morgan fingerprint density at radius 3 is 2.03 bits per heavy atom. The summed E-state index contributed by atoms with van der Waals surface area (Å²) >= 11 is 0. The molecule has 2 aliphatic rings. The molecule has 2 fully saturated rings. The molecule has 11 nitrogen and oxygen atoms in total. The van der Waals surface area contributed by atoms with E-state index in [1.54, 1.807) is 26.0 Å². The van der Waals surface area contributed by atoms with E-state index < -0.39 is 55.8 Å². The van der Waals surface area contributed by atoms with Crippen molar-refractivity contribution in [3.05, 3.63) is 96.1 Å². The second-order valence-electron chi connectivity index (χ2n) is 17.1. The third-order valence-corrected chi connectivity index (χ3v) is 17.1. The van der Waals surface area contributed by atoms with Gasteiger partial charge in [0.05, 0.1) is 6.61 Å². The molecule has 5 rings (SSSR count). The van der Waals surface area contributed by atoms with Crippen molar-refractivity contribution >= 4 is 48.1 Å². The number of nitrogens with zero attached hydrogens (tertiary/aromatic N) is 1. The first kappa shape index (κ1) is 44.4. The summed E-state index contributed by atoms with van der Waals surface area (Å²) in [5.41, 5.74) is 0.162. The molecule has 0 aromatic heterocycles. The van der Waals surface area contributed by atoms with Crippen LogP contribution in [0.4, 0.5) is 0 Å². The van der Waals surface area contributed by atoms with Gasteiger partial charge in [-0.3, -0.25) is 24.0 Å². The van der Waals surface area contributed by atoms with Crippen LogP contribution in [0.1, 0.15) is 104 Å². The Kier molecular flexibility index (Phi) is 14.9. The Morgan fingerprint density at radius 2 is 1.47 bits per heavy atom. The first-order valence-electron chi connectivity index (χ1n) is 20.9. The lowest BCUT2D eigenvalue weighted by Gasteiger charge is -2.44. The SMILES string of the molecule is CC[C@]1(C)NC(=O)[C@H](CCCCCC(=O)[C@@H](C)O[Si](c2ccccc2)(c2ccccc2)C(C)(C)C)NC(=O)[C@H]2CCCN2C(=O)[C@H](Cc2ccc(CO)cc2)NC1=O. The largest absolute Gasteiger partial charge is 0.398 e. The molecule has 3 aromatic carbocycles. The van der Waals surface area contributed by atoms with Gasteiger partial charge in [0, 0.05) is 19.4 Å². The summed E-state index contributed by atoms with van der Waals surface area (Å²) in [5.74, 6) is -1.68. The minimum atomic E-state index is -2.91. The van der Waals surface area contributed by atoms with Crippen LogP contribution < -0.4 is 26.3 Å². The lowest BCUT2D eigenvalue weighted by molar-refractivity contribution is -0.144. The van der Waals surface area contributed by atoms with Gasteiger partial charge in [0.15, 0.2) is 5.78 Å². The highest BCUT2D eigenvalue weighted by Gasteiger charge is 2.51. The molecule has 2 aliphatic heterocycles. The number of Topliss-reactive ketones (excluding diaryl/α,β-unsaturated/α-hetero) is 1. The fourth-order valence-electron chi connectivity index (χ4n) is 8.29. The zero-order chi connectivity index (χ0) is 42.1. The molecule has 0 unspecified atom stereocenters. The fourth-order valence-corrected chi connectivity index (χ4v) is 13.0. The third-order valence-electron chi connectivity index (χ3n) is 12.0. The van der Waals surface area contributed by atoms with Gasteiger partial charge in [-0.05, 0) is 72.5 Å². The van der Waals surface area contributed by atoms with Crippen molar-refractivity contribution in [2.45, 2.75) is 141 Å². The first-order chi connectivity index (χ1) is 27.6. The smallest absolute Gasteiger partial charge is 0.262 e. The molecule has 4 amide bonds. The summed E-state index contributed by atoms with van der Waals surface area (Å²) in [4.78, 5) is 71.0. The normalized spacial score (nSPS) is 22.5. The predicted molar refractivity (Wildman–Crippen MR) is 228 cm³/mol. The minimum Gasteiger partial charge on any atom is -0.398 e. The Bertz CT molecular complexity index is 1850. The number of benzene rings is 3. The number of amides is 4. The maximum Gasteiger partial charge on any atom is 0.262 e. The van der Waals surface area contributed by atoms with Gasteiger partial charge in [-0.1, -0.05) is 125 Å². The summed E-state index contributed by atoms with van der Waals surface area (Å²) in [6, 6.07) is 25.0. The molecule has 312 valence electrons. The zero-order valence-corrected chi connectivity index (χ0v) is 36.0. The molecule has 2 saturated heterocycles. The lowest BCUT2D eigenvalue weighted by atomic mass is 9.94. The summed E-state index contributed by atoms with van der Waals surface area (Å²) in [6.07, 6.45) is 3.24. The molecule has 0 aliphatic carbocycles. The van der Waals surface area contributed by atoms with Crippen LogP contribution in [0.25, 0.3) is 0 Å². The van der Waals surface area contributed by atoms with Gasteiger partial charge in [0.25, 0.3) is 8.32 Å². The monoisotopic (exact) mass is 810 g/mol. The van der Waals surface area contributed by atoms with Gasteiger partial charge in [0.2, 0.25) is 23.6 Å². The highest BCUT2D eigenvalue weighted by Crippen LogP contribution is 2.37. The fraction of sp³-hybridized carbons (Fsp3) is 0.500. The van der Waals surface area contributed by atoms with E-state index in [2.05, 4.69) is 61.0 Å². The van der Waals surface area contributed by atoms with Gasteiger partial charge in [0.1, 0.15) is 29.8 Å². The van der Waals surface area contributed by atoms with Crippen LogP contribution in [0.2, 0.25) is 5.04 Å². The van der Waals surface area contributed by atoms with Crippen LogP contribution in [0.5, 0.6) is 0 Å².